The Morgan fingerprint density at radius 3 is 2.71 bits per heavy atom. The van der Waals surface area contributed by atoms with Crippen LogP contribution >= 0.6 is 11.6 Å². The van der Waals surface area contributed by atoms with Crippen LogP contribution in [0.25, 0.3) is 17.4 Å². The summed E-state index contributed by atoms with van der Waals surface area (Å²) < 4.78 is 5.64. The summed E-state index contributed by atoms with van der Waals surface area (Å²) in [6.07, 6.45) is 6.53. The molecule has 1 fully saturated rings. The molecule has 0 radical (unpaired) electrons. The number of halogens is 1. The van der Waals surface area contributed by atoms with E-state index in [-0.39, 0.29) is 22.3 Å². The first-order chi connectivity index (χ1) is 13.5. The van der Waals surface area contributed by atoms with Crippen LogP contribution < -0.4 is 5.32 Å². The Balaban J connectivity index is 1.78. The number of hydrogen-bond acceptors (Lipinski definition) is 5. The van der Waals surface area contributed by atoms with Crippen molar-refractivity contribution in [3.05, 3.63) is 56.8 Å². The number of furan rings is 1. The molecule has 0 bridgehead atoms. The Morgan fingerprint density at radius 2 is 2.04 bits per heavy atom. The van der Waals surface area contributed by atoms with Gasteiger partial charge in [0.25, 0.3) is 11.6 Å². The van der Waals surface area contributed by atoms with Gasteiger partial charge in [0.05, 0.1) is 4.92 Å². The topological polar surface area (TPSA) is 109 Å². The average Bonchev–Trinajstić information content (AvgIpc) is 3.15. The summed E-state index contributed by atoms with van der Waals surface area (Å²) in [5.41, 5.74) is 0.201. The lowest BCUT2D eigenvalue weighted by Crippen LogP contribution is -2.36. The van der Waals surface area contributed by atoms with E-state index in [1.54, 1.807) is 18.2 Å². The molecule has 2 aromatic rings. The van der Waals surface area contributed by atoms with E-state index in [0.29, 0.717) is 17.1 Å². The van der Waals surface area contributed by atoms with Crippen molar-refractivity contribution in [2.75, 3.05) is 0 Å². The normalized spacial score (nSPS) is 15.1. The molecule has 1 N–H and O–H groups in total. The SMILES string of the molecule is N#CC(=Cc1ccc(-c2ccc(Cl)c([N+](=O)[O-])c2)o1)C(=O)NC1CCCCC1. The fourth-order valence-corrected chi connectivity index (χ4v) is 3.38. The van der Waals surface area contributed by atoms with E-state index in [9.17, 15) is 20.2 Å². The fraction of sp³-hybridized carbons (Fsp3) is 0.300. The summed E-state index contributed by atoms with van der Waals surface area (Å²) in [5.74, 6) is 0.258. The van der Waals surface area contributed by atoms with Crippen LogP contribution in [-0.4, -0.2) is 16.9 Å². The van der Waals surface area contributed by atoms with Gasteiger partial charge in [0, 0.05) is 23.7 Å². The summed E-state index contributed by atoms with van der Waals surface area (Å²) in [4.78, 5) is 22.8. The van der Waals surface area contributed by atoms with Crippen molar-refractivity contribution in [1.82, 2.24) is 5.32 Å². The molecule has 28 heavy (non-hydrogen) atoms. The number of hydrogen-bond donors (Lipinski definition) is 1. The summed E-state index contributed by atoms with van der Waals surface area (Å²) in [6, 6.07) is 9.55. The van der Waals surface area contributed by atoms with Gasteiger partial charge in [-0.25, -0.2) is 0 Å². The van der Waals surface area contributed by atoms with Crippen LogP contribution in [0.3, 0.4) is 0 Å². The smallest absolute Gasteiger partial charge is 0.288 e. The molecule has 1 heterocycles. The zero-order valence-corrected chi connectivity index (χ0v) is 15.7. The third-order valence-corrected chi connectivity index (χ3v) is 4.97. The van der Waals surface area contributed by atoms with Crippen LogP contribution in [0.1, 0.15) is 37.9 Å². The highest BCUT2D eigenvalue weighted by Gasteiger charge is 2.19. The van der Waals surface area contributed by atoms with E-state index >= 15 is 0 Å². The van der Waals surface area contributed by atoms with E-state index in [2.05, 4.69) is 5.32 Å². The fourth-order valence-electron chi connectivity index (χ4n) is 3.19. The van der Waals surface area contributed by atoms with E-state index in [1.807, 2.05) is 6.07 Å². The van der Waals surface area contributed by atoms with Gasteiger partial charge in [0.2, 0.25) is 0 Å². The number of nitrogens with one attached hydrogen (secondary N) is 1. The molecule has 7 nitrogen and oxygen atoms in total. The quantitative estimate of drug-likeness (QED) is 0.334. The predicted molar refractivity (Wildman–Crippen MR) is 104 cm³/mol. The second-order valence-electron chi connectivity index (χ2n) is 6.60. The monoisotopic (exact) mass is 399 g/mol. The number of nitro groups is 1. The first-order valence-corrected chi connectivity index (χ1v) is 9.32. The molecule has 1 amide bonds. The molecule has 0 aliphatic heterocycles. The van der Waals surface area contributed by atoms with Crippen molar-refractivity contribution < 1.29 is 14.1 Å². The molecule has 0 unspecified atom stereocenters. The Bertz CT molecular complexity index is 968. The number of benzene rings is 1. The highest BCUT2D eigenvalue weighted by Crippen LogP contribution is 2.31. The maximum absolute atomic E-state index is 12.3. The van der Waals surface area contributed by atoms with Gasteiger partial charge in [-0.3, -0.25) is 14.9 Å². The van der Waals surface area contributed by atoms with Crippen molar-refractivity contribution in [2.45, 2.75) is 38.1 Å². The maximum atomic E-state index is 12.3. The minimum absolute atomic E-state index is 0.0339. The van der Waals surface area contributed by atoms with Gasteiger partial charge >= 0.3 is 0 Å². The third-order valence-electron chi connectivity index (χ3n) is 4.65. The third kappa shape index (κ3) is 4.59. The minimum atomic E-state index is -0.570. The first kappa shape index (κ1) is 19.6. The summed E-state index contributed by atoms with van der Waals surface area (Å²) in [5, 5.41) is 23.3. The number of nitrogens with zero attached hydrogens (tertiary/aromatic N) is 2. The van der Waals surface area contributed by atoms with Gasteiger partial charge in [-0.05, 0) is 37.1 Å². The second-order valence-corrected chi connectivity index (χ2v) is 7.01. The minimum Gasteiger partial charge on any atom is -0.457 e. The van der Waals surface area contributed by atoms with E-state index in [4.69, 9.17) is 16.0 Å². The molecule has 1 aromatic heterocycles. The maximum Gasteiger partial charge on any atom is 0.288 e. The Hall–Kier alpha value is -3.11. The molecular weight excluding hydrogens is 382 g/mol. The van der Waals surface area contributed by atoms with E-state index < -0.39 is 10.8 Å². The summed E-state index contributed by atoms with van der Waals surface area (Å²) in [7, 11) is 0. The van der Waals surface area contributed by atoms with Gasteiger partial charge in [0.15, 0.2) is 0 Å². The van der Waals surface area contributed by atoms with Crippen LogP contribution in [0.4, 0.5) is 5.69 Å². The van der Waals surface area contributed by atoms with Gasteiger partial charge in [0.1, 0.15) is 28.2 Å². The average molecular weight is 400 g/mol. The standard InChI is InChI=1S/C20H18ClN3O4/c21-17-8-6-13(11-18(17)24(26)27)19-9-7-16(28-19)10-14(12-22)20(25)23-15-4-2-1-3-5-15/h6-11,15H,1-5H2,(H,23,25). The molecular formula is C20H18ClN3O4. The van der Waals surface area contributed by atoms with Crippen molar-refractivity contribution >= 4 is 29.3 Å². The lowest BCUT2D eigenvalue weighted by atomic mass is 9.95. The highest BCUT2D eigenvalue weighted by atomic mass is 35.5. The molecule has 1 saturated carbocycles. The molecule has 0 saturated heterocycles. The number of amides is 1. The summed E-state index contributed by atoms with van der Waals surface area (Å²) >= 11 is 5.82. The van der Waals surface area contributed by atoms with Crippen LogP contribution in [0.5, 0.6) is 0 Å². The molecule has 3 rings (SSSR count). The highest BCUT2D eigenvalue weighted by molar-refractivity contribution is 6.32. The van der Waals surface area contributed by atoms with Crippen molar-refractivity contribution in [3.8, 4) is 17.4 Å². The van der Waals surface area contributed by atoms with Crippen molar-refractivity contribution in [1.29, 1.82) is 5.26 Å². The van der Waals surface area contributed by atoms with Crippen LogP contribution in [0.2, 0.25) is 5.02 Å². The van der Waals surface area contributed by atoms with Gasteiger partial charge < -0.3 is 9.73 Å². The Morgan fingerprint density at radius 1 is 1.29 bits per heavy atom. The number of carbonyl (C=O) groups is 1. The molecule has 144 valence electrons. The van der Waals surface area contributed by atoms with E-state index in [1.165, 1.54) is 24.6 Å². The Labute approximate surface area is 166 Å². The zero-order valence-electron chi connectivity index (χ0n) is 15.0. The molecule has 0 spiro atoms. The van der Waals surface area contributed by atoms with Crippen LogP contribution in [0, 0.1) is 21.4 Å². The number of nitro benzene ring substituents is 1. The van der Waals surface area contributed by atoms with Crippen molar-refractivity contribution in [2.24, 2.45) is 0 Å². The number of rotatable bonds is 5. The van der Waals surface area contributed by atoms with Gasteiger partial charge in [-0.15, -0.1) is 0 Å². The number of carbonyl (C=O) groups excluding carboxylic acids is 1. The Kier molecular flexibility index (Phi) is 6.12. The number of nitriles is 1. The largest absolute Gasteiger partial charge is 0.457 e. The lowest BCUT2D eigenvalue weighted by Gasteiger charge is -2.22. The second kappa shape index (κ2) is 8.72. The summed E-state index contributed by atoms with van der Waals surface area (Å²) in [6.45, 7) is 0. The van der Waals surface area contributed by atoms with Gasteiger partial charge in [-0.1, -0.05) is 30.9 Å². The molecule has 8 heteroatoms. The predicted octanol–water partition coefficient (Wildman–Crippen LogP) is 4.86. The van der Waals surface area contributed by atoms with Crippen LogP contribution in [0.15, 0.2) is 40.3 Å². The first-order valence-electron chi connectivity index (χ1n) is 8.94. The lowest BCUT2D eigenvalue weighted by molar-refractivity contribution is -0.384. The van der Waals surface area contributed by atoms with Crippen LogP contribution in [-0.2, 0) is 4.79 Å². The molecule has 1 aromatic carbocycles. The van der Waals surface area contributed by atoms with E-state index in [0.717, 1.165) is 25.7 Å². The van der Waals surface area contributed by atoms with Gasteiger partial charge in [-0.2, -0.15) is 5.26 Å². The zero-order chi connectivity index (χ0) is 20.1. The molecule has 1 aliphatic rings. The van der Waals surface area contributed by atoms with Crippen molar-refractivity contribution in [3.63, 3.8) is 0 Å². The molecule has 1 aliphatic carbocycles. The molecule has 0 atom stereocenters.